The number of hydrogen-bond acceptors (Lipinski definition) is 18. The number of carbonyl (C=O) groups is 1. The molecule has 3 aliphatic heterocycles. The number of hydrogen-bond donors (Lipinski definition) is 12. The van der Waals surface area contributed by atoms with Crippen LogP contribution in [-0.4, -0.2) is 193 Å². The Hall–Kier alpha value is -1.21. The highest BCUT2D eigenvalue weighted by Crippen LogP contribution is 2.33. The van der Waals surface area contributed by atoms with Crippen molar-refractivity contribution in [1.82, 2.24) is 5.32 Å². The number of aliphatic hydroxyl groups is 11. The second kappa shape index (κ2) is 56.5. The molecule has 3 heterocycles. The van der Waals surface area contributed by atoms with E-state index >= 15 is 0 Å². The minimum atomic E-state index is -1.97. The molecule has 0 aromatic rings. The molecule has 3 saturated heterocycles. The molecule has 0 aromatic heterocycles. The summed E-state index contributed by atoms with van der Waals surface area (Å²) >= 11 is 0. The lowest BCUT2D eigenvalue weighted by atomic mass is 9.96. The largest absolute Gasteiger partial charge is 0.394 e. The van der Waals surface area contributed by atoms with E-state index in [1.165, 1.54) is 257 Å². The van der Waals surface area contributed by atoms with Gasteiger partial charge < -0.3 is 89.9 Å². The van der Waals surface area contributed by atoms with Crippen molar-refractivity contribution in [3.05, 3.63) is 0 Å². The lowest BCUT2D eigenvalue weighted by molar-refractivity contribution is -0.379. The van der Waals surface area contributed by atoms with Gasteiger partial charge in [-0.15, -0.1) is 0 Å². The zero-order valence-electron chi connectivity index (χ0n) is 58.8. The van der Waals surface area contributed by atoms with Gasteiger partial charge in [0, 0.05) is 6.42 Å². The minimum absolute atomic E-state index is 0.236. The van der Waals surface area contributed by atoms with Crippen molar-refractivity contribution < 1.29 is 89.4 Å². The van der Waals surface area contributed by atoms with E-state index in [0.29, 0.717) is 12.8 Å². The zero-order valence-corrected chi connectivity index (χ0v) is 58.8. The highest BCUT2D eigenvalue weighted by Gasteiger charge is 2.54. The van der Waals surface area contributed by atoms with Gasteiger partial charge in [0.25, 0.3) is 0 Å². The van der Waals surface area contributed by atoms with Crippen molar-refractivity contribution in [2.24, 2.45) is 0 Å². The summed E-state index contributed by atoms with van der Waals surface area (Å²) in [7, 11) is 0. The number of aliphatic hydroxyl groups excluding tert-OH is 11. The van der Waals surface area contributed by atoms with Crippen molar-refractivity contribution in [3.8, 4) is 0 Å². The molecule has 93 heavy (non-hydrogen) atoms. The molecular formula is C74H143NO18. The quantitative estimate of drug-likeness (QED) is 0.0252. The first-order valence-corrected chi connectivity index (χ1v) is 38.8. The Morgan fingerprint density at radius 3 is 0.935 bits per heavy atom. The van der Waals surface area contributed by atoms with Gasteiger partial charge in [-0.25, -0.2) is 0 Å². The van der Waals surface area contributed by atoms with E-state index < -0.39 is 124 Å². The van der Waals surface area contributed by atoms with E-state index in [9.17, 15) is 61.0 Å². The number of unbranched alkanes of at least 4 members (excludes halogenated alkanes) is 46. The van der Waals surface area contributed by atoms with Gasteiger partial charge in [-0.3, -0.25) is 4.79 Å². The smallest absolute Gasteiger partial charge is 0.220 e. The third-order valence-electron chi connectivity index (χ3n) is 19.9. The van der Waals surface area contributed by atoms with Crippen LogP contribution in [0.2, 0.25) is 0 Å². The summed E-state index contributed by atoms with van der Waals surface area (Å²) in [4.78, 5) is 13.4. The summed E-state index contributed by atoms with van der Waals surface area (Å²) in [5.74, 6) is -0.236. The molecule has 0 saturated carbocycles. The van der Waals surface area contributed by atoms with Crippen molar-refractivity contribution in [2.45, 2.75) is 439 Å². The molecule has 1 amide bonds. The SMILES string of the molecule is CCCCCCCCCCCCCCCCCCCCCCCCCCCCCCCCCCCC(O)C(COC1OC(CO)C(OC2OC(CO)C(OC3OC(CO)C(O)C(O)C3O)C(O)C2O)C(O)C1O)NC(=O)CCCCCCCCCCCCCCCCC. The van der Waals surface area contributed by atoms with E-state index in [4.69, 9.17) is 28.4 Å². The maximum absolute atomic E-state index is 13.4. The van der Waals surface area contributed by atoms with Crippen molar-refractivity contribution in [1.29, 1.82) is 0 Å². The van der Waals surface area contributed by atoms with Crippen molar-refractivity contribution >= 4 is 5.91 Å². The molecule has 0 aromatic carbocycles. The maximum atomic E-state index is 13.4. The number of ether oxygens (including phenoxy) is 6. The summed E-state index contributed by atoms with van der Waals surface area (Å²) in [6.07, 6.45) is 36.4. The molecule has 12 N–H and O–H groups in total. The van der Waals surface area contributed by atoms with Gasteiger partial charge in [0.05, 0.1) is 38.6 Å². The molecule has 17 atom stereocenters. The third-order valence-corrected chi connectivity index (χ3v) is 19.9. The van der Waals surface area contributed by atoms with Crippen LogP contribution in [0.15, 0.2) is 0 Å². The first-order valence-electron chi connectivity index (χ1n) is 38.8. The van der Waals surface area contributed by atoms with Crippen LogP contribution in [0.3, 0.4) is 0 Å². The van der Waals surface area contributed by atoms with Gasteiger partial charge in [0.15, 0.2) is 18.9 Å². The number of carbonyl (C=O) groups excluding carboxylic acids is 1. The van der Waals surface area contributed by atoms with Crippen LogP contribution in [0.1, 0.15) is 335 Å². The first kappa shape index (κ1) is 86.0. The fourth-order valence-electron chi connectivity index (χ4n) is 13.7. The molecule has 19 heteroatoms. The predicted molar refractivity (Wildman–Crippen MR) is 365 cm³/mol. The first-order chi connectivity index (χ1) is 45.3. The Bertz CT molecular complexity index is 1690. The molecule has 552 valence electrons. The summed E-state index contributed by atoms with van der Waals surface area (Å²) in [5, 5.41) is 121. The molecular weight excluding hydrogens is 1190 g/mol. The highest BCUT2D eigenvalue weighted by atomic mass is 16.8. The molecule has 0 aliphatic carbocycles. The monoisotopic (exact) mass is 1330 g/mol. The average Bonchev–Trinajstić information content (AvgIpc) is 0.829. The molecule has 0 spiro atoms. The molecule has 3 rings (SSSR count). The normalized spacial score (nSPS) is 27.4. The van der Waals surface area contributed by atoms with Gasteiger partial charge in [0.1, 0.15) is 73.2 Å². The highest BCUT2D eigenvalue weighted by molar-refractivity contribution is 5.76. The zero-order chi connectivity index (χ0) is 67.5. The van der Waals surface area contributed by atoms with Crippen molar-refractivity contribution in [3.63, 3.8) is 0 Å². The van der Waals surface area contributed by atoms with E-state index in [1.807, 2.05) is 0 Å². The Kier molecular flexibility index (Phi) is 52.3. The lowest BCUT2D eigenvalue weighted by Gasteiger charge is -2.48. The lowest BCUT2D eigenvalue weighted by Crippen LogP contribution is -2.66. The number of rotatable bonds is 62. The van der Waals surface area contributed by atoms with Crippen LogP contribution in [0.5, 0.6) is 0 Å². The van der Waals surface area contributed by atoms with Crippen LogP contribution in [0, 0.1) is 0 Å². The van der Waals surface area contributed by atoms with Crippen LogP contribution in [0.25, 0.3) is 0 Å². The Balaban J connectivity index is 1.34. The van der Waals surface area contributed by atoms with Gasteiger partial charge in [0.2, 0.25) is 5.91 Å². The number of amides is 1. The van der Waals surface area contributed by atoms with Gasteiger partial charge >= 0.3 is 0 Å². The molecule has 3 aliphatic rings. The second-order valence-corrected chi connectivity index (χ2v) is 28.2. The predicted octanol–water partition coefficient (Wildman–Crippen LogP) is 11.8. The third kappa shape index (κ3) is 37.7. The van der Waals surface area contributed by atoms with E-state index in [1.54, 1.807) is 0 Å². The standard InChI is InChI=1S/C74H143NO18/c1-3-5-7-9-11-13-15-17-19-20-21-22-23-24-25-26-27-28-29-30-31-32-33-34-35-36-38-39-41-43-45-47-49-51-58(79)57(75-62(80)52-50-48-46-44-42-40-37-18-16-14-12-10-8-6-4-2)56-88-72-68(86)65(83)70(60(54-77)90-72)93-74-69(87)66(84)71(61(55-78)91-74)92-73-67(85)64(82)63(81)59(53-76)89-73/h57-61,63-74,76-79,81-87H,3-56H2,1-2H3,(H,75,80). The molecule has 17 unspecified atom stereocenters. The Morgan fingerprint density at radius 1 is 0.344 bits per heavy atom. The summed E-state index contributed by atoms with van der Waals surface area (Å²) in [6, 6.07) is -0.882. The average molecular weight is 1330 g/mol. The van der Waals surface area contributed by atoms with E-state index in [-0.39, 0.29) is 18.9 Å². The van der Waals surface area contributed by atoms with Crippen molar-refractivity contribution in [2.75, 3.05) is 26.4 Å². The van der Waals surface area contributed by atoms with Crippen LogP contribution in [-0.2, 0) is 33.2 Å². The van der Waals surface area contributed by atoms with Gasteiger partial charge in [-0.2, -0.15) is 0 Å². The van der Waals surface area contributed by atoms with E-state index in [0.717, 1.165) is 44.9 Å². The Morgan fingerprint density at radius 2 is 0.613 bits per heavy atom. The maximum Gasteiger partial charge on any atom is 0.220 e. The topological polar surface area (TPSA) is 307 Å². The molecule has 0 radical (unpaired) electrons. The van der Waals surface area contributed by atoms with Gasteiger partial charge in [-0.1, -0.05) is 316 Å². The minimum Gasteiger partial charge on any atom is -0.394 e. The molecule has 0 bridgehead atoms. The van der Waals surface area contributed by atoms with Crippen LogP contribution < -0.4 is 5.32 Å². The van der Waals surface area contributed by atoms with Crippen LogP contribution >= 0.6 is 0 Å². The number of nitrogens with one attached hydrogen (secondary N) is 1. The second-order valence-electron chi connectivity index (χ2n) is 28.2. The molecule has 19 nitrogen and oxygen atoms in total. The fourth-order valence-corrected chi connectivity index (χ4v) is 13.7. The van der Waals surface area contributed by atoms with Gasteiger partial charge in [-0.05, 0) is 12.8 Å². The summed E-state index contributed by atoms with van der Waals surface area (Å²) in [5.41, 5.74) is 0. The van der Waals surface area contributed by atoms with Crippen LogP contribution in [0.4, 0.5) is 0 Å². The summed E-state index contributed by atoms with van der Waals surface area (Å²) < 4.78 is 34.5. The molecule has 3 fully saturated rings. The fraction of sp³-hybridized carbons (Fsp3) is 0.986. The Labute approximate surface area is 563 Å². The summed E-state index contributed by atoms with van der Waals surface area (Å²) in [6.45, 7) is 1.85. The van der Waals surface area contributed by atoms with E-state index in [2.05, 4.69) is 19.2 Å².